The normalized spacial score (nSPS) is 12.1. The van der Waals surface area contributed by atoms with Gasteiger partial charge in [-0.25, -0.2) is 0 Å². The van der Waals surface area contributed by atoms with E-state index in [0.29, 0.717) is 48.2 Å². The van der Waals surface area contributed by atoms with Crippen molar-refractivity contribution in [3.05, 3.63) is 27.4 Å². The molecule has 0 saturated heterocycles. The van der Waals surface area contributed by atoms with Crippen LogP contribution >= 0.6 is 12.2 Å². The molecule has 0 bridgehead atoms. The van der Waals surface area contributed by atoms with Crippen LogP contribution in [0.4, 0.5) is 0 Å². The lowest BCUT2D eigenvalue weighted by molar-refractivity contribution is -0.162. The molecule has 392 valence electrons. The van der Waals surface area contributed by atoms with Crippen LogP contribution in [0.15, 0.2) is 17.1 Å². The van der Waals surface area contributed by atoms with E-state index < -0.39 is 17.8 Å². The first-order valence-corrected chi connectivity index (χ1v) is 28.4. The van der Waals surface area contributed by atoms with E-state index in [1.807, 2.05) is 18.4 Å². The first-order chi connectivity index (χ1) is 33.1. The summed E-state index contributed by atoms with van der Waals surface area (Å²) in [6.45, 7) is 11.3. The Morgan fingerprint density at radius 2 is 1.00 bits per heavy atom. The van der Waals surface area contributed by atoms with Crippen LogP contribution in [0.5, 0.6) is 0 Å². The quantitative estimate of drug-likeness (QED) is 0.0298. The Bertz CT molecular complexity index is 1660. The number of carbonyl (C=O) groups excluding carboxylic acids is 3. The van der Waals surface area contributed by atoms with Gasteiger partial charge in [-0.3, -0.25) is 24.2 Å². The zero-order chi connectivity index (χ0) is 49.5. The lowest BCUT2D eigenvalue weighted by Gasteiger charge is -2.26. The summed E-state index contributed by atoms with van der Waals surface area (Å²) >= 11 is 5.52. The molecule has 2 aromatic rings. The number of aromatic nitrogens is 3. The molecule has 0 spiro atoms. The van der Waals surface area contributed by atoms with Crippen LogP contribution in [0, 0.1) is 16.6 Å². The fourth-order valence-corrected chi connectivity index (χ4v) is 9.40. The van der Waals surface area contributed by atoms with Gasteiger partial charge in [0, 0.05) is 31.5 Å². The number of H-pyrrole nitrogens is 1. The van der Waals surface area contributed by atoms with Crippen molar-refractivity contribution in [2.24, 2.45) is 11.8 Å². The van der Waals surface area contributed by atoms with E-state index in [0.717, 1.165) is 64.2 Å². The number of unbranched alkanes of at least 4 members (excludes halogenated alkanes) is 28. The van der Waals surface area contributed by atoms with E-state index in [-0.39, 0.29) is 43.5 Å². The number of ether oxygens (including phenoxy) is 4. The minimum Gasteiger partial charge on any atom is -0.465 e. The standard InChI is InChI=1S/C56H99N3O8S/c1-6-9-12-15-18-21-22-23-24-27-28-31-34-37-49(55(63)67-46-58-41-40-50-53(58)54(62)57-56(68)59(50)42-43-64-47(4)5)48(44-65-51(60)38-35-32-29-25-19-16-13-10-7-2)45-66-52(61)39-36-33-30-26-20-17-14-11-8-3/h40-41,47-49H,6-39,42-46H2,1-5H3,(H,57,62,68). The highest BCUT2D eigenvalue weighted by Gasteiger charge is 2.32. The fraction of sp³-hybridized carbons (Fsp3) is 0.839. The summed E-state index contributed by atoms with van der Waals surface area (Å²) in [4.78, 5) is 56.7. The third-order valence-electron chi connectivity index (χ3n) is 13.4. The van der Waals surface area contributed by atoms with Gasteiger partial charge in [-0.05, 0) is 51.4 Å². The van der Waals surface area contributed by atoms with Gasteiger partial charge < -0.3 is 28.1 Å². The summed E-state index contributed by atoms with van der Waals surface area (Å²) in [6, 6.07) is 1.80. The topological polar surface area (TPSA) is 131 Å². The van der Waals surface area contributed by atoms with Crippen molar-refractivity contribution >= 4 is 41.2 Å². The monoisotopic (exact) mass is 974 g/mol. The van der Waals surface area contributed by atoms with Crippen LogP contribution in [0.3, 0.4) is 0 Å². The van der Waals surface area contributed by atoms with Crippen molar-refractivity contribution in [1.82, 2.24) is 14.1 Å². The van der Waals surface area contributed by atoms with Gasteiger partial charge in [-0.1, -0.05) is 207 Å². The van der Waals surface area contributed by atoms with E-state index >= 15 is 0 Å². The molecule has 0 radical (unpaired) electrons. The van der Waals surface area contributed by atoms with Gasteiger partial charge in [-0.2, -0.15) is 0 Å². The summed E-state index contributed by atoms with van der Waals surface area (Å²) in [5, 5.41) is 0. The van der Waals surface area contributed by atoms with Gasteiger partial charge in [0.15, 0.2) is 11.5 Å². The Labute approximate surface area is 418 Å². The molecule has 11 nitrogen and oxygen atoms in total. The molecule has 0 fully saturated rings. The molecule has 1 N–H and O–H groups in total. The van der Waals surface area contributed by atoms with Gasteiger partial charge in [0.05, 0.1) is 37.4 Å². The number of fused-ring (bicyclic) bond motifs is 1. The van der Waals surface area contributed by atoms with E-state index in [1.165, 1.54) is 135 Å². The summed E-state index contributed by atoms with van der Waals surface area (Å²) in [5.74, 6) is -2.30. The highest BCUT2D eigenvalue weighted by Crippen LogP contribution is 2.25. The number of aromatic amines is 1. The summed E-state index contributed by atoms with van der Waals surface area (Å²) in [7, 11) is 0. The summed E-state index contributed by atoms with van der Waals surface area (Å²) in [5.41, 5.74) is 0.601. The fourth-order valence-electron chi connectivity index (χ4n) is 9.12. The number of nitrogens with zero attached hydrogens (tertiary/aromatic N) is 2. The second-order valence-corrected chi connectivity index (χ2v) is 20.2. The third kappa shape index (κ3) is 28.6. The third-order valence-corrected chi connectivity index (χ3v) is 13.7. The number of hydrogen-bond acceptors (Lipinski definition) is 9. The minimum atomic E-state index is -0.679. The first-order valence-electron chi connectivity index (χ1n) is 28.0. The Hall–Kier alpha value is -2.99. The van der Waals surface area contributed by atoms with E-state index in [9.17, 15) is 19.2 Å². The van der Waals surface area contributed by atoms with Crippen molar-refractivity contribution in [2.45, 2.75) is 272 Å². The SMILES string of the molecule is CCCCCCCCCCCCCCCC(C(=O)OCn1ccc2c1c(=O)[nH]c(=S)n2CCOC(C)C)C(COC(=O)CCCCCCCCCCC)COC(=O)CCCCCCCCCCC. The number of hydrogen-bond donors (Lipinski definition) is 1. The molecule has 0 aliphatic carbocycles. The lowest BCUT2D eigenvalue weighted by atomic mass is 9.88. The molecule has 12 heteroatoms. The van der Waals surface area contributed by atoms with Gasteiger partial charge in [-0.15, -0.1) is 0 Å². The average molecular weight is 974 g/mol. The first kappa shape index (κ1) is 61.1. The number of nitrogens with one attached hydrogen (secondary N) is 1. The molecule has 0 amide bonds. The zero-order valence-corrected chi connectivity index (χ0v) is 44.8. The second kappa shape index (κ2) is 40.7. The molecule has 1 unspecified atom stereocenters. The summed E-state index contributed by atoms with van der Waals surface area (Å²) in [6.07, 6.45) is 39.4. The largest absolute Gasteiger partial charge is 0.465 e. The highest BCUT2D eigenvalue weighted by atomic mass is 32.1. The van der Waals surface area contributed by atoms with Gasteiger partial charge in [0.1, 0.15) is 5.52 Å². The van der Waals surface area contributed by atoms with E-state index in [4.69, 9.17) is 31.2 Å². The molecule has 0 aliphatic rings. The molecule has 0 aromatic carbocycles. The number of carbonyl (C=O) groups is 3. The maximum absolute atomic E-state index is 14.3. The van der Waals surface area contributed by atoms with Crippen molar-refractivity contribution in [1.29, 1.82) is 0 Å². The Kier molecular flexibility index (Phi) is 36.6. The van der Waals surface area contributed by atoms with Crippen molar-refractivity contribution in [3.8, 4) is 0 Å². The Morgan fingerprint density at radius 1 is 0.588 bits per heavy atom. The van der Waals surface area contributed by atoms with E-state index in [1.54, 1.807) is 16.8 Å². The Balaban J connectivity index is 2.17. The lowest BCUT2D eigenvalue weighted by Crippen LogP contribution is -2.34. The van der Waals surface area contributed by atoms with Crippen LogP contribution < -0.4 is 5.56 Å². The molecule has 2 aromatic heterocycles. The molecule has 2 rings (SSSR count). The second-order valence-electron chi connectivity index (χ2n) is 19.9. The highest BCUT2D eigenvalue weighted by molar-refractivity contribution is 7.71. The number of esters is 3. The zero-order valence-electron chi connectivity index (χ0n) is 44.0. The van der Waals surface area contributed by atoms with Gasteiger partial charge in [0.25, 0.3) is 5.56 Å². The molecule has 68 heavy (non-hydrogen) atoms. The molecule has 0 saturated carbocycles. The van der Waals surface area contributed by atoms with Crippen LogP contribution in [0.2, 0.25) is 0 Å². The average Bonchev–Trinajstić information content (AvgIpc) is 3.75. The van der Waals surface area contributed by atoms with Crippen molar-refractivity contribution < 1.29 is 33.3 Å². The van der Waals surface area contributed by atoms with Gasteiger partial charge in [0.2, 0.25) is 0 Å². The number of rotatable bonds is 46. The van der Waals surface area contributed by atoms with Crippen LogP contribution in [-0.4, -0.2) is 58.0 Å². The predicted octanol–water partition coefficient (Wildman–Crippen LogP) is 15.4. The van der Waals surface area contributed by atoms with Crippen molar-refractivity contribution in [3.63, 3.8) is 0 Å². The molecular weight excluding hydrogens is 875 g/mol. The summed E-state index contributed by atoms with van der Waals surface area (Å²) < 4.78 is 27.4. The van der Waals surface area contributed by atoms with Crippen LogP contribution in [0.25, 0.3) is 11.0 Å². The predicted molar refractivity (Wildman–Crippen MR) is 281 cm³/mol. The smallest absolute Gasteiger partial charge is 0.311 e. The van der Waals surface area contributed by atoms with Crippen LogP contribution in [0.1, 0.15) is 253 Å². The maximum atomic E-state index is 14.3. The van der Waals surface area contributed by atoms with Crippen LogP contribution in [-0.2, 0) is 46.6 Å². The van der Waals surface area contributed by atoms with Gasteiger partial charge >= 0.3 is 17.9 Å². The maximum Gasteiger partial charge on any atom is 0.311 e. The molecule has 2 heterocycles. The van der Waals surface area contributed by atoms with E-state index in [2.05, 4.69) is 25.8 Å². The molecule has 1 atom stereocenters. The molecule has 0 aliphatic heterocycles. The Morgan fingerprint density at radius 3 is 1.43 bits per heavy atom. The van der Waals surface area contributed by atoms with Crippen molar-refractivity contribution in [2.75, 3.05) is 19.8 Å². The minimum absolute atomic E-state index is 0.0358. The molecular formula is C56H99N3O8S.